The van der Waals surface area contributed by atoms with E-state index in [0.717, 1.165) is 11.5 Å². The average Bonchev–Trinajstić information content (AvgIpc) is 3.31. The van der Waals surface area contributed by atoms with Crippen molar-refractivity contribution < 1.29 is 4.74 Å². The molecule has 0 saturated carbocycles. The second-order valence-corrected chi connectivity index (χ2v) is 5.20. The summed E-state index contributed by atoms with van der Waals surface area (Å²) in [6.07, 6.45) is 3.53. The van der Waals surface area contributed by atoms with Crippen molar-refractivity contribution in [2.75, 3.05) is 12.4 Å². The lowest BCUT2D eigenvalue weighted by Gasteiger charge is -2.06. The summed E-state index contributed by atoms with van der Waals surface area (Å²) in [6, 6.07) is 14.7. The van der Waals surface area contributed by atoms with Gasteiger partial charge in [-0.15, -0.1) is 5.10 Å². The van der Waals surface area contributed by atoms with Crippen molar-refractivity contribution in [2.24, 2.45) is 0 Å². The number of anilines is 2. The molecule has 0 aliphatic heterocycles. The first-order valence-corrected chi connectivity index (χ1v) is 7.49. The number of pyridine rings is 1. The molecule has 8 nitrogen and oxygen atoms in total. The van der Waals surface area contributed by atoms with Gasteiger partial charge in [0.2, 0.25) is 11.6 Å². The summed E-state index contributed by atoms with van der Waals surface area (Å²) < 4.78 is 8.74. The number of aromatic nitrogens is 5. The summed E-state index contributed by atoms with van der Waals surface area (Å²) in [5.41, 5.74) is 1.96. The maximum Gasteiger partial charge on any atom is 0.247 e. The number of ether oxygens (including phenoxy) is 1. The Labute approximate surface area is 142 Å². The van der Waals surface area contributed by atoms with Gasteiger partial charge in [-0.2, -0.15) is 19.9 Å². The van der Waals surface area contributed by atoms with Crippen molar-refractivity contribution in [3.8, 4) is 17.6 Å². The fourth-order valence-electron chi connectivity index (χ4n) is 2.47. The third-order valence-electron chi connectivity index (χ3n) is 3.66. The van der Waals surface area contributed by atoms with Gasteiger partial charge in [0, 0.05) is 18.1 Å². The van der Waals surface area contributed by atoms with Crippen LogP contribution in [0.2, 0.25) is 0 Å². The van der Waals surface area contributed by atoms with Gasteiger partial charge in [-0.1, -0.05) is 0 Å². The quantitative estimate of drug-likeness (QED) is 0.618. The van der Waals surface area contributed by atoms with Crippen LogP contribution in [0.4, 0.5) is 11.6 Å². The molecule has 0 atom stereocenters. The van der Waals surface area contributed by atoms with Gasteiger partial charge in [-0.3, -0.25) is 0 Å². The largest absolute Gasteiger partial charge is 0.493 e. The van der Waals surface area contributed by atoms with Crippen LogP contribution < -0.4 is 10.1 Å². The highest BCUT2D eigenvalue weighted by molar-refractivity contribution is 5.62. The molecule has 0 saturated heterocycles. The van der Waals surface area contributed by atoms with E-state index in [4.69, 9.17) is 10.00 Å². The number of fused-ring (bicyclic) bond motifs is 1. The van der Waals surface area contributed by atoms with E-state index in [9.17, 15) is 0 Å². The number of benzene rings is 1. The maximum atomic E-state index is 8.87. The SMILES string of the molecule is COc1ccc(-n2cccn2)n2nc(Nc3ccc(C#N)cc3)nc12. The van der Waals surface area contributed by atoms with E-state index >= 15 is 0 Å². The van der Waals surface area contributed by atoms with Crippen LogP contribution in [0.25, 0.3) is 11.5 Å². The van der Waals surface area contributed by atoms with Crippen LogP contribution in [0.5, 0.6) is 5.75 Å². The Balaban J connectivity index is 1.77. The van der Waals surface area contributed by atoms with Gasteiger partial charge in [-0.25, -0.2) is 4.68 Å². The topological polar surface area (TPSA) is 93.1 Å². The van der Waals surface area contributed by atoms with Gasteiger partial charge in [0.15, 0.2) is 11.6 Å². The van der Waals surface area contributed by atoms with Crippen molar-refractivity contribution >= 4 is 17.3 Å². The highest BCUT2D eigenvalue weighted by Gasteiger charge is 2.14. The Morgan fingerprint density at radius 3 is 2.68 bits per heavy atom. The molecule has 0 amide bonds. The van der Waals surface area contributed by atoms with Crippen LogP contribution in [0.3, 0.4) is 0 Å². The minimum absolute atomic E-state index is 0.419. The van der Waals surface area contributed by atoms with Gasteiger partial charge in [-0.05, 0) is 42.5 Å². The van der Waals surface area contributed by atoms with Crippen molar-refractivity contribution in [3.05, 3.63) is 60.4 Å². The molecule has 0 spiro atoms. The summed E-state index contributed by atoms with van der Waals surface area (Å²) in [4.78, 5) is 4.50. The Morgan fingerprint density at radius 1 is 1.16 bits per heavy atom. The number of nitrogens with zero attached hydrogens (tertiary/aromatic N) is 6. The normalized spacial score (nSPS) is 10.6. The zero-order chi connectivity index (χ0) is 17.2. The Hall–Kier alpha value is -3.86. The molecule has 0 bridgehead atoms. The van der Waals surface area contributed by atoms with E-state index in [-0.39, 0.29) is 0 Å². The fraction of sp³-hybridized carbons (Fsp3) is 0.0588. The van der Waals surface area contributed by atoms with E-state index in [1.54, 1.807) is 46.8 Å². The number of hydrogen-bond donors (Lipinski definition) is 1. The molecule has 25 heavy (non-hydrogen) atoms. The molecule has 4 rings (SSSR count). The Morgan fingerprint density at radius 2 is 2.00 bits per heavy atom. The molecule has 3 aromatic heterocycles. The summed E-state index contributed by atoms with van der Waals surface area (Å²) in [5, 5.41) is 20.7. The first-order valence-electron chi connectivity index (χ1n) is 7.49. The minimum atomic E-state index is 0.419. The smallest absolute Gasteiger partial charge is 0.247 e. The number of hydrogen-bond acceptors (Lipinski definition) is 6. The van der Waals surface area contributed by atoms with Crippen LogP contribution in [0.15, 0.2) is 54.9 Å². The molecular weight excluding hydrogens is 318 g/mol. The van der Waals surface area contributed by atoms with Crippen molar-refractivity contribution in [2.45, 2.75) is 0 Å². The zero-order valence-corrected chi connectivity index (χ0v) is 13.3. The van der Waals surface area contributed by atoms with Crippen LogP contribution >= 0.6 is 0 Å². The van der Waals surface area contributed by atoms with Gasteiger partial charge >= 0.3 is 0 Å². The summed E-state index contributed by atoms with van der Waals surface area (Å²) >= 11 is 0. The number of rotatable bonds is 4. The predicted molar refractivity (Wildman–Crippen MR) is 91.1 cm³/mol. The summed E-state index contributed by atoms with van der Waals surface area (Å²) in [5.74, 6) is 1.76. The fourth-order valence-corrected chi connectivity index (χ4v) is 2.47. The molecule has 0 aliphatic carbocycles. The van der Waals surface area contributed by atoms with Crippen molar-refractivity contribution in [3.63, 3.8) is 0 Å². The standard InChI is InChI=1S/C17H13N7O/c1-25-14-7-8-15(23-10-2-9-19-23)24-16(14)21-17(22-24)20-13-5-3-12(11-18)4-6-13/h2-10H,1H3,(H,20,22). The van der Waals surface area contributed by atoms with E-state index in [1.165, 1.54) is 0 Å². The molecule has 8 heteroatoms. The number of methoxy groups -OCH3 is 1. The Kier molecular flexibility index (Phi) is 3.52. The third kappa shape index (κ3) is 2.64. The maximum absolute atomic E-state index is 8.87. The van der Waals surface area contributed by atoms with Crippen molar-refractivity contribution in [1.82, 2.24) is 24.4 Å². The average molecular weight is 331 g/mol. The van der Waals surface area contributed by atoms with Crippen molar-refractivity contribution in [1.29, 1.82) is 5.26 Å². The van der Waals surface area contributed by atoms with E-state index < -0.39 is 0 Å². The van der Waals surface area contributed by atoms with Gasteiger partial charge in [0.05, 0.1) is 18.7 Å². The molecule has 0 fully saturated rings. The second kappa shape index (κ2) is 5.98. The van der Waals surface area contributed by atoms with Crippen LogP contribution in [0, 0.1) is 11.3 Å². The molecule has 1 N–H and O–H groups in total. The first kappa shape index (κ1) is 14.7. The molecule has 0 unspecified atom stereocenters. The van der Waals surface area contributed by atoms with E-state index in [2.05, 4.69) is 26.6 Å². The zero-order valence-electron chi connectivity index (χ0n) is 13.3. The van der Waals surface area contributed by atoms with Gasteiger partial charge in [0.25, 0.3) is 0 Å². The van der Waals surface area contributed by atoms with E-state index in [0.29, 0.717) is 22.9 Å². The second-order valence-electron chi connectivity index (χ2n) is 5.20. The molecule has 1 aromatic carbocycles. The molecule has 0 radical (unpaired) electrons. The monoisotopic (exact) mass is 331 g/mol. The highest BCUT2D eigenvalue weighted by Crippen LogP contribution is 2.24. The number of nitriles is 1. The molecule has 0 aliphatic rings. The summed E-state index contributed by atoms with van der Waals surface area (Å²) in [7, 11) is 1.59. The lowest BCUT2D eigenvalue weighted by molar-refractivity contribution is 0.416. The molecule has 4 aromatic rings. The molecule has 122 valence electrons. The third-order valence-corrected chi connectivity index (χ3v) is 3.66. The van der Waals surface area contributed by atoms with Crippen LogP contribution in [-0.2, 0) is 0 Å². The van der Waals surface area contributed by atoms with Gasteiger partial charge < -0.3 is 10.1 Å². The lowest BCUT2D eigenvalue weighted by Crippen LogP contribution is -2.05. The first-order chi connectivity index (χ1) is 12.3. The van der Waals surface area contributed by atoms with Crippen LogP contribution in [-0.4, -0.2) is 31.5 Å². The Bertz CT molecular complexity index is 1060. The highest BCUT2D eigenvalue weighted by atomic mass is 16.5. The minimum Gasteiger partial charge on any atom is -0.493 e. The van der Waals surface area contributed by atoms with E-state index in [1.807, 2.05) is 24.4 Å². The molecule has 3 heterocycles. The summed E-state index contributed by atoms with van der Waals surface area (Å²) in [6.45, 7) is 0. The molecular formula is C17H13N7O. The van der Waals surface area contributed by atoms with Gasteiger partial charge in [0.1, 0.15) is 0 Å². The predicted octanol–water partition coefficient (Wildman–Crippen LogP) is 2.54. The number of nitrogens with one attached hydrogen (secondary N) is 1. The van der Waals surface area contributed by atoms with Crippen LogP contribution in [0.1, 0.15) is 5.56 Å². The lowest BCUT2D eigenvalue weighted by atomic mass is 10.2.